The summed E-state index contributed by atoms with van der Waals surface area (Å²) < 4.78 is 0.650. The van der Waals surface area contributed by atoms with Crippen LogP contribution in [-0.4, -0.2) is 35.0 Å². The number of benzene rings is 1. The number of carbonyl (C=O) groups excluding carboxylic acids is 1. The fourth-order valence-corrected chi connectivity index (χ4v) is 4.33. The van der Waals surface area contributed by atoms with Gasteiger partial charge in [-0.15, -0.1) is 11.3 Å². The van der Waals surface area contributed by atoms with Crippen LogP contribution in [0.1, 0.15) is 29.2 Å². The molecule has 24 heavy (non-hydrogen) atoms. The molecule has 2 heterocycles. The molecule has 3 unspecified atom stereocenters. The van der Waals surface area contributed by atoms with Crippen molar-refractivity contribution in [2.45, 2.75) is 18.8 Å². The van der Waals surface area contributed by atoms with Crippen molar-refractivity contribution >= 4 is 34.8 Å². The lowest BCUT2D eigenvalue weighted by Crippen LogP contribution is -2.33. The van der Waals surface area contributed by atoms with Crippen LogP contribution in [0.15, 0.2) is 42.5 Å². The van der Waals surface area contributed by atoms with Gasteiger partial charge in [0.05, 0.1) is 16.2 Å². The molecule has 3 rings (SSSR count). The van der Waals surface area contributed by atoms with Gasteiger partial charge < -0.3 is 10.0 Å². The Morgan fingerprint density at radius 3 is 2.50 bits per heavy atom. The molecule has 1 N–H and O–H groups in total. The second kappa shape index (κ2) is 6.95. The molecule has 3 atom stereocenters. The Hall–Kier alpha value is -1.85. The molecule has 1 saturated heterocycles. The number of hydrogen-bond acceptors (Lipinski definition) is 3. The predicted molar refractivity (Wildman–Crippen MR) is 94.6 cm³/mol. The highest BCUT2D eigenvalue weighted by Crippen LogP contribution is 2.36. The molecule has 0 saturated carbocycles. The third-order valence-corrected chi connectivity index (χ3v) is 5.98. The number of amides is 1. The second-order valence-electron chi connectivity index (χ2n) is 6.07. The van der Waals surface area contributed by atoms with Gasteiger partial charge in [0.15, 0.2) is 0 Å². The van der Waals surface area contributed by atoms with Crippen LogP contribution in [0.2, 0.25) is 4.34 Å². The minimum Gasteiger partial charge on any atom is -0.481 e. The Labute approximate surface area is 149 Å². The van der Waals surface area contributed by atoms with Crippen LogP contribution in [0.4, 0.5) is 0 Å². The summed E-state index contributed by atoms with van der Waals surface area (Å²) >= 11 is 7.34. The van der Waals surface area contributed by atoms with Gasteiger partial charge in [-0.2, -0.15) is 0 Å². The van der Waals surface area contributed by atoms with Gasteiger partial charge in [0.2, 0.25) is 5.91 Å². The summed E-state index contributed by atoms with van der Waals surface area (Å²) in [6.07, 6.45) is 0. The molecule has 1 amide bonds. The van der Waals surface area contributed by atoms with Crippen molar-refractivity contribution in [2.75, 3.05) is 13.1 Å². The number of likely N-dealkylation sites (tertiary alicyclic amines) is 1. The Morgan fingerprint density at radius 1 is 1.21 bits per heavy atom. The summed E-state index contributed by atoms with van der Waals surface area (Å²) in [5.74, 6) is -1.96. The number of halogens is 1. The quantitative estimate of drug-likeness (QED) is 0.898. The van der Waals surface area contributed by atoms with Gasteiger partial charge in [-0.05, 0) is 24.6 Å². The van der Waals surface area contributed by atoms with E-state index in [9.17, 15) is 14.7 Å². The summed E-state index contributed by atoms with van der Waals surface area (Å²) in [6.45, 7) is 2.52. The molecule has 126 valence electrons. The first-order chi connectivity index (χ1) is 11.5. The van der Waals surface area contributed by atoms with E-state index in [1.165, 1.54) is 11.3 Å². The molecular weight excluding hydrogens is 346 g/mol. The topological polar surface area (TPSA) is 57.6 Å². The summed E-state index contributed by atoms with van der Waals surface area (Å²) in [5.41, 5.74) is 0.965. The fourth-order valence-electron chi connectivity index (χ4n) is 3.23. The van der Waals surface area contributed by atoms with Crippen molar-refractivity contribution in [1.82, 2.24) is 4.90 Å². The monoisotopic (exact) mass is 363 g/mol. The Morgan fingerprint density at radius 2 is 1.92 bits per heavy atom. The fraction of sp³-hybridized carbons (Fsp3) is 0.333. The van der Waals surface area contributed by atoms with Gasteiger partial charge in [-0.1, -0.05) is 41.9 Å². The van der Waals surface area contributed by atoms with E-state index in [1.54, 1.807) is 11.0 Å². The highest BCUT2D eigenvalue weighted by Gasteiger charge is 2.41. The van der Waals surface area contributed by atoms with Crippen LogP contribution >= 0.6 is 22.9 Å². The predicted octanol–water partition coefficient (Wildman–Crippen LogP) is 3.83. The standard InChI is InChI=1S/C18H18ClNO3S/c1-11(15-7-8-16(19)24-15)17(21)20-9-13(14(10-20)18(22)23)12-5-3-2-4-6-12/h2-8,11,13-14H,9-10H2,1H3,(H,22,23). The number of carboxylic acids is 1. The lowest BCUT2D eigenvalue weighted by atomic mass is 9.89. The van der Waals surface area contributed by atoms with Gasteiger partial charge >= 0.3 is 5.97 Å². The summed E-state index contributed by atoms with van der Waals surface area (Å²) in [4.78, 5) is 27.0. The summed E-state index contributed by atoms with van der Waals surface area (Å²) in [6, 6.07) is 13.2. The highest BCUT2D eigenvalue weighted by molar-refractivity contribution is 7.16. The number of hydrogen-bond donors (Lipinski definition) is 1. The van der Waals surface area contributed by atoms with E-state index in [0.29, 0.717) is 10.9 Å². The molecule has 1 aromatic carbocycles. The van der Waals surface area contributed by atoms with Gasteiger partial charge in [0.25, 0.3) is 0 Å². The first kappa shape index (κ1) is 17.0. The molecule has 1 aromatic heterocycles. The van der Waals surface area contributed by atoms with E-state index in [0.717, 1.165) is 10.4 Å². The third kappa shape index (κ3) is 3.32. The number of carbonyl (C=O) groups is 2. The molecule has 6 heteroatoms. The maximum atomic E-state index is 12.8. The second-order valence-corrected chi connectivity index (χ2v) is 7.82. The summed E-state index contributed by atoms with van der Waals surface area (Å²) in [5, 5.41) is 9.55. The number of rotatable bonds is 4. The molecular formula is C18H18ClNO3S. The van der Waals surface area contributed by atoms with Crippen LogP contribution < -0.4 is 0 Å². The molecule has 0 aliphatic carbocycles. The van der Waals surface area contributed by atoms with Crippen molar-refractivity contribution in [2.24, 2.45) is 5.92 Å². The van der Waals surface area contributed by atoms with Crippen LogP contribution in [0.5, 0.6) is 0 Å². The van der Waals surface area contributed by atoms with Gasteiger partial charge in [0.1, 0.15) is 0 Å². The van der Waals surface area contributed by atoms with Gasteiger partial charge in [-0.3, -0.25) is 9.59 Å². The van der Waals surface area contributed by atoms with E-state index >= 15 is 0 Å². The van der Waals surface area contributed by atoms with Crippen molar-refractivity contribution in [3.8, 4) is 0 Å². The van der Waals surface area contributed by atoms with E-state index in [-0.39, 0.29) is 24.3 Å². The zero-order chi connectivity index (χ0) is 17.3. The zero-order valence-electron chi connectivity index (χ0n) is 13.2. The smallest absolute Gasteiger partial charge is 0.308 e. The molecule has 1 fully saturated rings. The molecule has 1 aliphatic rings. The maximum absolute atomic E-state index is 12.8. The first-order valence-corrected chi connectivity index (χ1v) is 8.98. The number of carboxylic acid groups (broad SMARTS) is 1. The van der Waals surface area contributed by atoms with Crippen molar-refractivity contribution in [1.29, 1.82) is 0 Å². The molecule has 4 nitrogen and oxygen atoms in total. The average molecular weight is 364 g/mol. The van der Waals surface area contributed by atoms with Crippen LogP contribution in [0, 0.1) is 5.92 Å². The van der Waals surface area contributed by atoms with Crippen molar-refractivity contribution < 1.29 is 14.7 Å². The van der Waals surface area contributed by atoms with Gasteiger partial charge in [-0.25, -0.2) is 0 Å². The molecule has 0 radical (unpaired) electrons. The van der Waals surface area contributed by atoms with E-state index < -0.39 is 11.9 Å². The maximum Gasteiger partial charge on any atom is 0.308 e. The number of nitrogens with zero attached hydrogens (tertiary/aromatic N) is 1. The number of thiophene rings is 1. The Balaban J connectivity index is 1.80. The first-order valence-electron chi connectivity index (χ1n) is 7.79. The third-order valence-electron chi connectivity index (χ3n) is 4.57. The average Bonchev–Trinajstić information content (AvgIpc) is 3.21. The van der Waals surface area contributed by atoms with E-state index in [1.807, 2.05) is 43.3 Å². The lowest BCUT2D eigenvalue weighted by molar-refractivity contribution is -0.141. The van der Waals surface area contributed by atoms with Crippen molar-refractivity contribution in [3.05, 3.63) is 57.2 Å². The summed E-state index contributed by atoms with van der Waals surface area (Å²) in [7, 11) is 0. The minimum atomic E-state index is -0.856. The van der Waals surface area contributed by atoms with Crippen LogP contribution in [-0.2, 0) is 9.59 Å². The molecule has 2 aromatic rings. The van der Waals surface area contributed by atoms with E-state index in [2.05, 4.69) is 0 Å². The molecule has 0 bridgehead atoms. The van der Waals surface area contributed by atoms with Gasteiger partial charge in [0, 0.05) is 23.9 Å². The molecule has 1 aliphatic heterocycles. The van der Waals surface area contributed by atoms with E-state index in [4.69, 9.17) is 11.6 Å². The Bertz CT molecular complexity index is 746. The zero-order valence-corrected chi connectivity index (χ0v) is 14.8. The lowest BCUT2D eigenvalue weighted by Gasteiger charge is -2.20. The SMILES string of the molecule is CC(C(=O)N1CC(C(=O)O)C(c2ccccc2)C1)c1ccc(Cl)s1. The highest BCUT2D eigenvalue weighted by atomic mass is 35.5. The van der Waals surface area contributed by atoms with Crippen LogP contribution in [0.25, 0.3) is 0 Å². The minimum absolute atomic E-state index is 0.0433. The normalized spacial score (nSPS) is 21.7. The largest absolute Gasteiger partial charge is 0.481 e. The van der Waals surface area contributed by atoms with Crippen molar-refractivity contribution in [3.63, 3.8) is 0 Å². The van der Waals surface area contributed by atoms with Crippen LogP contribution in [0.3, 0.4) is 0 Å². The Kier molecular flexibility index (Phi) is 4.92. The number of aliphatic carboxylic acids is 1. The molecule has 0 spiro atoms.